The molecule has 170 valence electrons. The van der Waals surface area contributed by atoms with Crippen LogP contribution in [-0.2, 0) is 11.3 Å². The Labute approximate surface area is 182 Å². The Balaban J connectivity index is 2.29. The van der Waals surface area contributed by atoms with E-state index in [1.807, 2.05) is 30.3 Å². The lowest BCUT2D eigenvalue weighted by molar-refractivity contribution is -0.123. The number of unbranched alkanes of at least 4 members (excludes halogenated alkanes) is 8. The van der Waals surface area contributed by atoms with Gasteiger partial charge in [-0.05, 0) is 31.2 Å². The lowest BCUT2D eigenvalue weighted by Gasteiger charge is -2.19. The van der Waals surface area contributed by atoms with Crippen molar-refractivity contribution < 1.29 is 14.7 Å². The Bertz CT molecular complexity index is 566. The van der Waals surface area contributed by atoms with Crippen LogP contribution in [-0.4, -0.2) is 36.2 Å². The van der Waals surface area contributed by atoms with Crippen LogP contribution >= 0.6 is 0 Å². The van der Waals surface area contributed by atoms with Crippen LogP contribution in [0.25, 0.3) is 0 Å². The number of amides is 2. The number of hydrogen-bond acceptors (Lipinski definition) is 3. The summed E-state index contributed by atoms with van der Waals surface area (Å²) in [5.41, 5.74) is 1.14. The van der Waals surface area contributed by atoms with Gasteiger partial charge in [-0.1, -0.05) is 82.2 Å². The highest BCUT2D eigenvalue weighted by Gasteiger charge is 2.17. The summed E-state index contributed by atoms with van der Waals surface area (Å²) in [6.07, 6.45) is 11.2. The summed E-state index contributed by atoms with van der Waals surface area (Å²) in [7, 11) is 0. The summed E-state index contributed by atoms with van der Waals surface area (Å²) in [5, 5.41) is 17.5. The number of carbonyl (C=O) groups excluding carboxylic acids is 1. The fourth-order valence-electron chi connectivity index (χ4n) is 3.43. The highest BCUT2D eigenvalue weighted by molar-refractivity contribution is 5.81. The SMILES string of the molecule is CCCCCCCCCCNC(=O)C(CCCCNC(=O)O)NCc1ccccc1. The molecule has 0 saturated heterocycles. The van der Waals surface area contributed by atoms with Crippen molar-refractivity contribution in [3.8, 4) is 0 Å². The maximum atomic E-state index is 12.7. The molecule has 30 heavy (non-hydrogen) atoms. The second kappa shape index (κ2) is 17.8. The summed E-state index contributed by atoms with van der Waals surface area (Å²) in [5.74, 6) is 0.0417. The Morgan fingerprint density at radius 1 is 0.833 bits per heavy atom. The zero-order valence-corrected chi connectivity index (χ0v) is 18.6. The maximum absolute atomic E-state index is 12.7. The van der Waals surface area contributed by atoms with Gasteiger partial charge in [0, 0.05) is 19.6 Å². The first-order valence-electron chi connectivity index (χ1n) is 11.6. The Kier molecular flexibility index (Phi) is 15.4. The largest absolute Gasteiger partial charge is 0.465 e. The third-order valence-corrected chi connectivity index (χ3v) is 5.24. The molecule has 0 saturated carbocycles. The standard InChI is InChI=1S/C24H41N3O3/c1-2-3-4-5-6-7-8-13-18-25-23(28)22(17-12-14-19-26-24(29)30)27-20-21-15-10-9-11-16-21/h9-11,15-16,22,26-27H,2-8,12-14,17-20H2,1H3,(H,25,28)(H,29,30). The molecule has 0 aliphatic carbocycles. The zero-order chi connectivity index (χ0) is 21.9. The molecule has 6 heteroatoms. The third-order valence-electron chi connectivity index (χ3n) is 5.24. The van der Waals surface area contributed by atoms with Crippen LogP contribution in [0.2, 0.25) is 0 Å². The van der Waals surface area contributed by atoms with Gasteiger partial charge in [0.25, 0.3) is 0 Å². The van der Waals surface area contributed by atoms with Crippen LogP contribution in [0.5, 0.6) is 0 Å². The molecular formula is C24H41N3O3. The summed E-state index contributed by atoms with van der Waals surface area (Å²) < 4.78 is 0. The average molecular weight is 420 g/mol. The fraction of sp³-hybridized carbons (Fsp3) is 0.667. The van der Waals surface area contributed by atoms with Crippen molar-refractivity contribution in [2.24, 2.45) is 0 Å². The lowest BCUT2D eigenvalue weighted by atomic mass is 10.1. The number of nitrogens with one attached hydrogen (secondary N) is 3. The predicted molar refractivity (Wildman–Crippen MR) is 123 cm³/mol. The smallest absolute Gasteiger partial charge is 0.404 e. The van der Waals surface area contributed by atoms with Gasteiger partial charge in [0.1, 0.15) is 0 Å². The van der Waals surface area contributed by atoms with Crippen LogP contribution in [0, 0.1) is 0 Å². The van der Waals surface area contributed by atoms with Crippen LogP contribution in [0.15, 0.2) is 30.3 Å². The monoisotopic (exact) mass is 419 g/mol. The van der Waals surface area contributed by atoms with E-state index in [0.29, 0.717) is 19.5 Å². The van der Waals surface area contributed by atoms with Crippen molar-refractivity contribution in [3.63, 3.8) is 0 Å². The quantitative estimate of drug-likeness (QED) is 0.256. The third kappa shape index (κ3) is 14.0. The summed E-state index contributed by atoms with van der Waals surface area (Å²) in [6, 6.07) is 9.78. The number of hydrogen-bond donors (Lipinski definition) is 4. The van der Waals surface area contributed by atoms with E-state index in [4.69, 9.17) is 5.11 Å². The summed E-state index contributed by atoms with van der Waals surface area (Å²) in [4.78, 5) is 23.2. The molecule has 0 aliphatic rings. The van der Waals surface area contributed by atoms with E-state index in [0.717, 1.165) is 37.8 Å². The average Bonchev–Trinajstić information content (AvgIpc) is 2.74. The highest BCUT2D eigenvalue weighted by Crippen LogP contribution is 2.08. The van der Waals surface area contributed by atoms with E-state index >= 15 is 0 Å². The molecule has 0 spiro atoms. The first kappa shape index (κ1) is 26.0. The molecule has 1 aromatic carbocycles. The molecule has 6 nitrogen and oxygen atoms in total. The molecule has 0 aromatic heterocycles. The van der Waals surface area contributed by atoms with Crippen LogP contribution < -0.4 is 16.0 Å². The molecule has 1 rings (SSSR count). The van der Waals surface area contributed by atoms with Crippen LogP contribution in [0.3, 0.4) is 0 Å². The highest BCUT2D eigenvalue weighted by atomic mass is 16.4. The lowest BCUT2D eigenvalue weighted by Crippen LogP contribution is -2.44. The molecule has 0 heterocycles. The van der Waals surface area contributed by atoms with E-state index in [1.54, 1.807) is 0 Å². The Morgan fingerprint density at radius 3 is 2.10 bits per heavy atom. The van der Waals surface area contributed by atoms with Gasteiger partial charge in [0.2, 0.25) is 5.91 Å². The predicted octanol–water partition coefficient (Wildman–Crippen LogP) is 4.84. The zero-order valence-electron chi connectivity index (χ0n) is 18.6. The molecule has 0 fully saturated rings. The first-order valence-corrected chi connectivity index (χ1v) is 11.6. The molecular weight excluding hydrogens is 378 g/mol. The van der Waals surface area contributed by atoms with E-state index in [1.165, 1.54) is 38.5 Å². The number of rotatable bonds is 18. The van der Waals surface area contributed by atoms with Gasteiger partial charge < -0.3 is 21.1 Å². The van der Waals surface area contributed by atoms with Crippen molar-refractivity contribution in [2.75, 3.05) is 13.1 Å². The number of benzene rings is 1. The normalized spacial score (nSPS) is 11.8. The van der Waals surface area contributed by atoms with E-state index < -0.39 is 6.09 Å². The molecule has 1 unspecified atom stereocenters. The van der Waals surface area contributed by atoms with Gasteiger partial charge in [-0.2, -0.15) is 0 Å². The first-order chi connectivity index (χ1) is 14.6. The minimum absolute atomic E-state index is 0.0417. The van der Waals surface area contributed by atoms with Crippen molar-refractivity contribution in [2.45, 2.75) is 90.1 Å². The molecule has 1 aromatic rings. The van der Waals surface area contributed by atoms with E-state index in [-0.39, 0.29) is 11.9 Å². The van der Waals surface area contributed by atoms with Gasteiger partial charge >= 0.3 is 6.09 Å². The maximum Gasteiger partial charge on any atom is 0.404 e. The molecule has 0 bridgehead atoms. The van der Waals surface area contributed by atoms with Crippen molar-refractivity contribution in [1.29, 1.82) is 0 Å². The summed E-state index contributed by atoms with van der Waals surface area (Å²) >= 11 is 0. The van der Waals surface area contributed by atoms with Crippen molar-refractivity contribution in [1.82, 2.24) is 16.0 Å². The molecule has 0 aliphatic heterocycles. The van der Waals surface area contributed by atoms with Crippen molar-refractivity contribution >= 4 is 12.0 Å². The molecule has 2 amide bonds. The minimum Gasteiger partial charge on any atom is -0.465 e. The fourth-order valence-corrected chi connectivity index (χ4v) is 3.43. The Hall–Kier alpha value is -2.08. The van der Waals surface area contributed by atoms with Crippen LogP contribution in [0.1, 0.15) is 83.1 Å². The Morgan fingerprint density at radius 2 is 1.43 bits per heavy atom. The second-order valence-corrected chi connectivity index (χ2v) is 7.91. The van der Waals surface area contributed by atoms with E-state index in [9.17, 15) is 9.59 Å². The van der Waals surface area contributed by atoms with Gasteiger partial charge in [-0.25, -0.2) is 4.79 Å². The minimum atomic E-state index is -1.00. The molecule has 0 radical (unpaired) electrons. The summed E-state index contributed by atoms with van der Waals surface area (Å²) in [6.45, 7) is 4.01. The van der Waals surface area contributed by atoms with E-state index in [2.05, 4.69) is 22.9 Å². The number of carboxylic acid groups (broad SMARTS) is 1. The molecule has 1 atom stereocenters. The van der Waals surface area contributed by atoms with Gasteiger partial charge in [0.15, 0.2) is 0 Å². The van der Waals surface area contributed by atoms with Crippen LogP contribution in [0.4, 0.5) is 4.79 Å². The second-order valence-electron chi connectivity index (χ2n) is 7.91. The van der Waals surface area contributed by atoms with Gasteiger partial charge in [-0.3, -0.25) is 4.79 Å². The van der Waals surface area contributed by atoms with Gasteiger partial charge in [-0.15, -0.1) is 0 Å². The van der Waals surface area contributed by atoms with Gasteiger partial charge in [0.05, 0.1) is 6.04 Å². The molecule has 4 N–H and O–H groups in total. The topological polar surface area (TPSA) is 90.5 Å². The van der Waals surface area contributed by atoms with Crippen molar-refractivity contribution in [3.05, 3.63) is 35.9 Å². The number of carbonyl (C=O) groups is 2.